The molecule has 0 radical (unpaired) electrons. The maximum Gasteiger partial charge on any atom is 0.257 e. The predicted octanol–water partition coefficient (Wildman–Crippen LogP) is 2.21. The van der Waals surface area contributed by atoms with Gasteiger partial charge in [0.05, 0.1) is 30.8 Å². The highest BCUT2D eigenvalue weighted by molar-refractivity contribution is 7.89. The molecule has 8 heteroatoms. The summed E-state index contributed by atoms with van der Waals surface area (Å²) in [7, 11) is -2.37. The molecule has 1 saturated heterocycles. The van der Waals surface area contributed by atoms with Gasteiger partial charge in [-0.2, -0.15) is 0 Å². The van der Waals surface area contributed by atoms with E-state index in [2.05, 4.69) is 4.72 Å². The largest absolute Gasteiger partial charge is 0.496 e. The van der Waals surface area contributed by atoms with E-state index in [-0.39, 0.29) is 16.4 Å². The van der Waals surface area contributed by atoms with E-state index in [4.69, 9.17) is 9.47 Å². The second-order valence-corrected chi connectivity index (χ2v) is 8.23. The van der Waals surface area contributed by atoms with E-state index in [9.17, 15) is 13.2 Å². The van der Waals surface area contributed by atoms with Crippen molar-refractivity contribution in [3.05, 3.63) is 59.7 Å². The minimum absolute atomic E-state index is 0.0210. The Morgan fingerprint density at radius 3 is 2.46 bits per heavy atom. The summed E-state index contributed by atoms with van der Waals surface area (Å²) in [6.45, 7) is 3.62. The summed E-state index contributed by atoms with van der Waals surface area (Å²) < 4.78 is 39.0. The van der Waals surface area contributed by atoms with Crippen LogP contribution in [0.3, 0.4) is 0 Å². The lowest BCUT2D eigenvalue weighted by atomic mass is 10.1. The Kier molecular flexibility index (Phi) is 6.33. The standard InChI is InChI=1S/C20H24N2O5S/c1-15(16-6-4-3-5-7-16)21-28(24,25)17-8-9-19(26-2)18(14-17)20(23)22-10-12-27-13-11-22/h3-9,14-15,21H,10-13H2,1-2H3/t15-/m0/s1. The molecule has 2 aromatic rings. The normalized spacial score (nSPS) is 15.9. The summed E-state index contributed by atoms with van der Waals surface area (Å²) in [4.78, 5) is 14.5. The summed E-state index contributed by atoms with van der Waals surface area (Å²) >= 11 is 0. The van der Waals surface area contributed by atoms with E-state index in [1.165, 1.54) is 25.3 Å². The molecule has 1 N–H and O–H groups in total. The van der Waals surface area contributed by atoms with Gasteiger partial charge in [-0.25, -0.2) is 13.1 Å². The molecule has 0 spiro atoms. The van der Waals surface area contributed by atoms with Gasteiger partial charge in [-0.3, -0.25) is 4.79 Å². The van der Waals surface area contributed by atoms with Crippen LogP contribution in [0.15, 0.2) is 53.4 Å². The number of carbonyl (C=O) groups is 1. The van der Waals surface area contributed by atoms with Crippen LogP contribution < -0.4 is 9.46 Å². The summed E-state index contributed by atoms with van der Waals surface area (Å²) in [6, 6.07) is 13.2. The van der Waals surface area contributed by atoms with Crippen molar-refractivity contribution >= 4 is 15.9 Å². The van der Waals surface area contributed by atoms with Gasteiger partial charge in [0.25, 0.3) is 5.91 Å². The number of rotatable bonds is 6. The number of nitrogens with one attached hydrogen (secondary N) is 1. The van der Waals surface area contributed by atoms with Gasteiger partial charge in [0.2, 0.25) is 10.0 Å². The molecule has 2 aromatic carbocycles. The Morgan fingerprint density at radius 2 is 1.82 bits per heavy atom. The van der Waals surface area contributed by atoms with Crippen molar-refractivity contribution in [1.82, 2.24) is 9.62 Å². The number of carbonyl (C=O) groups excluding carboxylic acids is 1. The third-order valence-electron chi connectivity index (χ3n) is 4.64. The van der Waals surface area contributed by atoms with E-state index >= 15 is 0 Å². The Bertz CT molecular complexity index is 925. The quantitative estimate of drug-likeness (QED) is 0.798. The SMILES string of the molecule is COc1ccc(S(=O)(=O)N[C@@H](C)c2ccccc2)cc1C(=O)N1CCOCC1. The van der Waals surface area contributed by atoms with Gasteiger partial charge < -0.3 is 14.4 Å². The molecule has 3 rings (SSSR count). The van der Waals surface area contributed by atoms with Gasteiger partial charge >= 0.3 is 0 Å². The zero-order chi connectivity index (χ0) is 20.1. The Balaban J connectivity index is 1.88. The average Bonchev–Trinajstić information content (AvgIpc) is 2.73. The van der Waals surface area contributed by atoms with Crippen molar-refractivity contribution < 1.29 is 22.7 Å². The van der Waals surface area contributed by atoms with Gasteiger partial charge in [0.15, 0.2) is 0 Å². The maximum absolute atomic E-state index is 12.9. The third-order valence-corrected chi connectivity index (χ3v) is 6.18. The summed E-state index contributed by atoms with van der Waals surface area (Å²) in [5.41, 5.74) is 1.07. The molecule has 0 saturated carbocycles. The predicted molar refractivity (Wildman–Crippen MR) is 105 cm³/mol. The van der Waals surface area contributed by atoms with Crippen LogP contribution in [0.1, 0.15) is 28.9 Å². The van der Waals surface area contributed by atoms with E-state index < -0.39 is 16.1 Å². The van der Waals surface area contributed by atoms with E-state index in [1.807, 2.05) is 30.3 Å². The fourth-order valence-corrected chi connectivity index (χ4v) is 4.33. The lowest BCUT2D eigenvalue weighted by molar-refractivity contribution is 0.0300. The third kappa shape index (κ3) is 4.52. The number of hydrogen-bond acceptors (Lipinski definition) is 5. The van der Waals surface area contributed by atoms with Crippen LogP contribution in [-0.4, -0.2) is 52.6 Å². The molecule has 0 unspecified atom stereocenters. The second kappa shape index (κ2) is 8.72. The van der Waals surface area contributed by atoms with Crippen molar-refractivity contribution in [2.75, 3.05) is 33.4 Å². The molecule has 1 fully saturated rings. The van der Waals surface area contributed by atoms with Gasteiger partial charge in [-0.05, 0) is 30.7 Å². The number of morpholine rings is 1. The zero-order valence-electron chi connectivity index (χ0n) is 15.9. The fourth-order valence-electron chi connectivity index (χ4n) is 3.07. The van der Waals surface area contributed by atoms with Crippen molar-refractivity contribution in [3.63, 3.8) is 0 Å². The fraction of sp³-hybridized carbons (Fsp3) is 0.350. The molecule has 150 valence electrons. The van der Waals surface area contributed by atoms with Gasteiger partial charge in [-0.15, -0.1) is 0 Å². The van der Waals surface area contributed by atoms with Crippen LogP contribution >= 0.6 is 0 Å². The number of hydrogen-bond donors (Lipinski definition) is 1. The molecule has 1 amide bonds. The monoisotopic (exact) mass is 404 g/mol. The van der Waals surface area contributed by atoms with Crippen molar-refractivity contribution in [1.29, 1.82) is 0 Å². The van der Waals surface area contributed by atoms with Crippen LogP contribution in [0, 0.1) is 0 Å². The van der Waals surface area contributed by atoms with Crippen LogP contribution in [0.25, 0.3) is 0 Å². The van der Waals surface area contributed by atoms with Gasteiger partial charge in [0.1, 0.15) is 5.75 Å². The molecule has 28 heavy (non-hydrogen) atoms. The number of sulfonamides is 1. The Labute approximate surface area is 165 Å². The molecule has 0 aromatic heterocycles. The molecular formula is C20H24N2O5S. The van der Waals surface area contributed by atoms with E-state index in [0.29, 0.717) is 32.1 Å². The number of nitrogens with zero attached hydrogens (tertiary/aromatic N) is 1. The van der Waals surface area contributed by atoms with Crippen LogP contribution in [-0.2, 0) is 14.8 Å². The topological polar surface area (TPSA) is 84.9 Å². The van der Waals surface area contributed by atoms with Crippen LogP contribution in [0.4, 0.5) is 0 Å². The van der Waals surface area contributed by atoms with Crippen LogP contribution in [0.2, 0.25) is 0 Å². The molecule has 1 aliphatic rings. The smallest absolute Gasteiger partial charge is 0.257 e. The number of ether oxygens (including phenoxy) is 2. The van der Waals surface area contributed by atoms with Crippen LogP contribution in [0.5, 0.6) is 5.75 Å². The first-order chi connectivity index (χ1) is 13.4. The average molecular weight is 404 g/mol. The highest BCUT2D eigenvalue weighted by Gasteiger charge is 2.25. The first kappa shape index (κ1) is 20.3. The number of amides is 1. The Hall–Kier alpha value is -2.42. The van der Waals surface area contributed by atoms with Gasteiger partial charge in [0, 0.05) is 19.1 Å². The number of benzene rings is 2. The molecule has 0 aliphatic carbocycles. The molecule has 1 aliphatic heterocycles. The van der Waals surface area contributed by atoms with Crippen molar-refractivity contribution in [2.45, 2.75) is 17.9 Å². The highest BCUT2D eigenvalue weighted by Crippen LogP contribution is 2.25. The lowest BCUT2D eigenvalue weighted by Gasteiger charge is -2.27. The molecule has 0 bridgehead atoms. The molecule has 1 heterocycles. The van der Waals surface area contributed by atoms with Crippen molar-refractivity contribution in [3.8, 4) is 5.75 Å². The first-order valence-corrected chi connectivity index (χ1v) is 10.5. The second-order valence-electron chi connectivity index (χ2n) is 6.52. The van der Waals surface area contributed by atoms with Gasteiger partial charge in [-0.1, -0.05) is 30.3 Å². The molecule has 7 nitrogen and oxygen atoms in total. The summed E-state index contributed by atoms with van der Waals surface area (Å²) in [6.07, 6.45) is 0. The minimum Gasteiger partial charge on any atom is -0.496 e. The Morgan fingerprint density at radius 1 is 1.14 bits per heavy atom. The molecular weight excluding hydrogens is 380 g/mol. The van der Waals surface area contributed by atoms with E-state index in [1.54, 1.807) is 11.8 Å². The van der Waals surface area contributed by atoms with Crippen molar-refractivity contribution in [2.24, 2.45) is 0 Å². The first-order valence-electron chi connectivity index (χ1n) is 9.04. The zero-order valence-corrected chi connectivity index (χ0v) is 16.7. The summed E-state index contributed by atoms with van der Waals surface area (Å²) in [5.74, 6) is 0.0693. The van der Waals surface area contributed by atoms with E-state index in [0.717, 1.165) is 5.56 Å². The molecule has 1 atom stereocenters. The number of methoxy groups -OCH3 is 1. The highest BCUT2D eigenvalue weighted by atomic mass is 32.2. The lowest BCUT2D eigenvalue weighted by Crippen LogP contribution is -2.40. The maximum atomic E-state index is 12.9. The minimum atomic E-state index is -3.82. The summed E-state index contributed by atoms with van der Waals surface area (Å²) in [5, 5.41) is 0.